The van der Waals surface area contributed by atoms with E-state index in [0.29, 0.717) is 30.3 Å². The van der Waals surface area contributed by atoms with Crippen molar-refractivity contribution in [3.05, 3.63) is 90.6 Å². The average Bonchev–Trinajstić information content (AvgIpc) is 3.24. The van der Waals surface area contributed by atoms with Gasteiger partial charge in [-0.05, 0) is 35.4 Å². The minimum absolute atomic E-state index is 0.133. The summed E-state index contributed by atoms with van der Waals surface area (Å²) in [6.07, 6.45) is 3.81. The van der Waals surface area contributed by atoms with E-state index in [1.54, 1.807) is 12.4 Å². The molecule has 0 atom stereocenters. The van der Waals surface area contributed by atoms with E-state index in [4.69, 9.17) is 4.42 Å². The topological polar surface area (TPSA) is 80.9 Å². The summed E-state index contributed by atoms with van der Waals surface area (Å²) in [5.41, 5.74) is 3.58. The second-order valence-electron chi connectivity index (χ2n) is 6.19. The lowest BCUT2D eigenvalue weighted by Crippen LogP contribution is -2.25. The number of aromatic nitrogens is 3. The normalized spacial score (nSPS) is 10.6. The Kier molecular flexibility index (Phi) is 5.20. The summed E-state index contributed by atoms with van der Waals surface area (Å²) in [7, 11) is 0. The molecule has 4 rings (SSSR count). The fraction of sp³-hybridized carbons (Fsp3) is 0.0909. The second kappa shape index (κ2) is 8.26. The SMILES string of the molecule is O=C(NCCc1nnc(-c2cccnc2)o1)c1ccc(-c2ccccc2)cc1. The minimum Gasteiger partial charge on any atom is -0.421 e. The Labute approximate surface area is 162 Å². The number of rotatable bonds is 6. The van der Waals surface area contributed by atoms with Gasteiger partial charge < -0.3 is 9.73 Å². The van der Waals surface area contributed by atoms with Crippen molar-refractivity contribution in [3.8, 4) is 22.6 Å². The van der Waals surface area contributed by atoms with Gasteiger partial charge in [0.15, 0.2) is 0 Å². The maximum Gasteiger partial charge on any atom is 0.251 e. The van der Waals surface area contributed by atoms with Crippen molar-refractivity contribution in [1.29, 1.82) is 0 Å². The molecule has 0 unspecified atom stereocenters. The highest BCUT2D eigenvalue weighted by molar-refractivity contribution is 5.94. The van der Waals surface area contributed by atoms with Crippen LogP contribution in [0.5, 0.6) is 0 Å². The van der Waals surface area contributed by atoms with E-state index in [1.165, 1.54) is 0 Å². The van der Waals surface area contributed by atoms with Crippen molar-refractivity contribution >= 4 is 5.91 Å². The number of amides is 1. The molecule has 1 amide bonds. The van der Waals surface area contributed by atoms with Crippen LogP contribution in [0.1, 0.15) is 16.2 Å². The van der Waals surface area contributed by atoms with Crippen LogP contribution < -0.4 is 5.32 Å². The van der Waals surface area contributed by atoms with Crippen LogP contribution >= 0.6 is 0 Å². The van der Waals surface area contributed by atoms with Gasteiger partial charge in [0.2, 0.25) is 11.8 Å². The van der Waals surface area contributed by atoms with Gasteiger partial charge in [-0.25, -0.2) is 0 Å². The quantitative estimate of drug-likeness (QED) is 0.559. The molecule has 4 aromatic rings. The predicted octanol–water partition coefficient (Wildman–Crippen LogP) is 3.77. The molecule has 0 spiro atoms. The van der Waals surface area contributed by atoms with Crippen LogP contribution in [0.15, 0.2) is 83.5 Å². The highest BCUT2D eigenvalue weighted by atomic mass is 16.4. The standard InChI is InChI=1S/C22H18N4O2/c27-21(18-10-8-17(9-11-18)16-5-2-1-3-6-16)24-14-12-20-25-26-22(28-20)19-7-4-13-23-15-19/h1-11,13,15H,12,14H2,(H,24,27). The zero-order valence-corrected chi connectivity index (χ0v) is 15.1. The van der Waals surface area contributed by atoms with E-state index in [9.17, 15) is 4.79 Å². The average molecular weight is 370 g/mol. The number of carbonyl (C=O) groups excluding carboxylic acids is 1. The number of hydrogen-bond donors (Lipinski definition) is 1. The molecule has 2 aromatic carbocycles. The number of carbonyl (C=O) groups is 1. The van der Waals surface area contributed by atoms with Gasteiger partial charge in [-0.3, -0.25) is 9.78 Å². The molecule has 0 saturated carbocycles. The molecule has 0 aliphatic rings. The number of nitrogens with one attached hydrogen (secondary N) is 1. The summed E-state index contributed by atoms with van der Waals surface area (Å²) < 4.78 is 5.61. The lowest BCUT2D eigenvalue weighted by atomic mass is 10.0. The zero-order chi connectivity index (χ0) is 19.2. The molecule has 2 aromatic heterocycles. The number of hydrogen-bond acceptors (Lipinski definition) is 5. The molecule has 0 saturated heterocycles. The molecule has 2 heterocycles. The van der Waals surface area contributed by atoms with Crippen molar-refractivity contribution in [2.24, 2.45) is 0 Å². The van der Waals surface area contributed by atoms with E-state index in [-0.39, 0.29) is 5.91 Å². The molecule has 0 fully saturated rings. The van der Waals surface area contributed by atoms with Gasteiger partial charge in [0.25, 0.3) is 5.91 Å². The third-order valence-corrected chi connectivity index (χ3v) is 4.25. The molecule has 6 heteroatoms. The van der Waals surface area contributed by atoms with Crippen molar-refractivity contribution in [3.63, 3.8) is 0 Å². The van der Waals surface area contributed by atoms with Crippen LogP contribution in [0.4, 0.5) is 0 Å². The smallest absolute Gasteiger partial charge is 0.251 e. The lowest BCUT2D eigenvalue weighted by Gasteiger charge is -2.05. The zero-order valence-electron chi connectivity index (χ0n) is 15.1. The molecule has 0 aliphatic carbocycles. The fourth-order valence-electron chi connectivity index (χ4n) is 2.79. The van der Waals surface area contributed by atoms with E-state index >= 15 is 0 Å². The maximum absolute atomic E-state index is 12.3. The number of pyridine rings is 1. The highest BCUT2D eigenvalue weighted by Crippen LogP contribution is 2.19. The van der Waals surface area contributed by atoms with E-state index in [1.807, 2.05) is 66.7 Å². The third kappa shape index (κ3) is 4.12. The summed E-state index contributed by atoms with van der Waals surface area (Å²) in [5, 5.41) is 10.9. The molecule has 28 heavy (non-hydrogen) atoms. The molecule has 138 valence electrons. The van der Waals surface area contributed by atoms with Crippen LogP contribution in [-0.4, -0.2) is 27.6 Å². The molecule has 0 bridgehead atoms. The molecule has 6 nitrogen and oxygen atoms in total. The first-order valence-electron chi connectivity index (χ1n) is 8.96. The van der Waals surface area contributed by atoms with Gasteiger partial charge in [-0.1, -0.05) is 42.5 Å². The summed E-state index contributed by atoms with van der Waals surface area (Å²) >= 11 is 0. The van der Waals surface area contributed by atoms with E-state index in [0.717, 1.165) is 16.7 Å². The largest absolute Gasteiger partial charge is 0.421 e. The minimum atomic E-state index is -0.133. The number of benzene rings is 2. The Morgan fingerprint density at radius 2 is 1.61 bits per heavy atom. The van der Waals surface area contributed by atoms with Gasteiger partial charge in [-0.2, -0.15) is 0 Å². The Hall–Kier alpha value is -3.80. The summed E-state index contributed by atoms with van der Waals surface area (Å²) in [4.78, 5) is 16.4. The summed E-state index contributed by atoms with van der Waals surface area (Å²) in [6, 6.07) is 21.3. The Morgan fingerprint density at radius 3 is 2.36 bits per heavy atom. The van der Waals surface area contributed by atoms with Crippen LogP contribution in [0.25, 0.3) is 22.6 Å². The first kappa shape index (κ1) is 17.6. The first-order valence-corrected chi connectivity index (χ1v) is 8.96. The lowest BCUT2D eigenvalue weighted by molar-refractivity contribution is 0.0953. The van der Waals surface area contributed by atoms with Crippen LogP contribution in [0, 0.1) is 0 Å². The van der Waals surface area contributed by atoms with Gasteiger partial charge >= 0.3 is 0 Å². The van der Waals surface area contributed by atoms with E-state index < -0.39 is 0 Å². The fourth-order valence-corrected chi connectivity index (χ4v) is 2.79. The van der Waals surface area contributed by atoms with Crippen LogP contribution in [0.3, 0.4) is 0 Å². The first-order chi connectivity index (χ1) is 13.8. The Bertz CT molecular complexity index is 1040. The van der Waals surface area contributed by atoms with Crippen LogP contribution in [0.2, 0.25) is 0 Å². The predicted molar refractivity (Wildman–Crippen MR) is 105 cm³/mol. The van der Waals surface area contributed by atoms with E-state index in [2.05, 4.69) is 20.5 Å². The molecule has 1 N–H and O–H groups in total. The Balaban J connectivity index is 1.32. The third-order valence-electron chi connectivity index (χ3n) is 4.25. The summed E-state index contributed by atoms with van der Waals surface area (Å²) in [6.45, 7) is 0.411. The highest BCUT2D eigenvalue weighted by Gasteiger charge is 2.10. The monoisotopic (exact) mass is 370 g/mol. The number of nitrogens with zero attached hydrogens (tertiary/aromatic N) is 3. The second-order valence-corrected chi connectivity index (χ2v) is 6.19. The van der Waals surface area contributed by atoms with Gasteiger partial charge in [0, 0.05) is 30.9 Å². The molecule has 0 aliphatic heterocycles. The van der Waals surface area contributed by atoms with Crippen molar-refractivity contribution in [2.45, 2.75) is 6.42 Å². The van der Waals surface area contributed by atoms with Gasteiger partial charge in [0.1, 0.15) is 0 Å². The van der Waals surface area contributed by atoms with Crippen molar-refractivity contribution in [2.75, 3.05) is 6.54 Å². The van der Waals surface area contributed by atoms with Crippen molar-refractivity contribution < 1.29 is 9.21 Å². The molecule has 0 radical (unpaired) electrons. The molecular weight excluding hydrogens is 352 g/mol. The van der Waals surface area contributed by atoms with Gasteiger partial charge in [-0.15, -0.1) is 10.2 Å². The summed E-state index contributed by atoms with van der Waals surface area (Å²) in [5.74, 6) is 0.760. The van der Waals surface area contributed by atoms with Gasteiger partial charge in [0.05, 0.1) is 5.56 Å². The van der Waals surface area contributed by atoms with Crippen molar-refractivity contribution in [1.82, 2.24) is 20.5 Å². The Morgan fingerprint density at radius 1 is 0.857 bits per heavy atom. The maximum atomic E-state index is 12.3. The molecular formula is C22H18N4O2. The van der Waals surface area contributed by atoms with Crippen LogP contribution in [-0.2, 0) is 6.42 Å².